The number of halogens is 1. The van der Waals surface area contributed by atoms with Gasteiger partial charge in [0.25, 0.3) is 0 Å². The molecule has 0 atom stereocenters. The van der Waals surface area contributed by atoms with Crippen LogP contribution in [0.4, 0.5) is 0 Å². The molecule has 5 nitrogen and oxygen atoms in total. The van der Waals surface area contributed by atoms with E-state index in [2.05, 4.69) is 15.3 Å². The van der Waals surface area contributed by atoms with Crippen LogP contribution in [0.15, 0.2) is 41.1 Å². The summed E-state index contributed by atoms with van der Waals surface area (Å²) in [4.78, 5) is 0. The number of rotatable bonds is 5. The van der Waals surface area contributed by atoms with Crippen LogP contribution in [-0.4, -0.2) is 20.0 Å². The van der Waals surface area contributed by atoms with Crippen molar-refractivity contribution < 1.29 is 4.42 Å². The zero-order valence-electron chi connectivity index (χ0n) is 12.1. The molecule has 0 aliphatic rings. The Morgan fingerprint density at radius 2 is 2.00 bits per heavy atom. The first kappa shape index (κ1) is 14.5. The van der Waals surface area contributed by atoms with Crippen molar-refractivity contribution in [2.24, 2.45) is 0 Å². The first-order valence-corrected chi connectivity index (χ1v) is 7.38. The molecular weight excluding hydrogens is 300 g/mol. The molecule has 0 radical (unpaired) electrons. The molecule has 0 aliphatic carbocycles. The fourth-order valence-corrected chi connectivity index (χ4v) is 2.11. The Hall–Kier alpha value is -2.40. The quantitative estimate of drug-likeness (QED) is 0.720. The van der Waals surface area contributed by atoms with E-state index < -0.39 is 0 Å². The van der Waals surface area contributed by atoms with Gasteiger partial charge >= 0.3 is 0 Å². The predicted octanol–water partition coefficient (Wildman–Crippen LogP) is 3.70. The predicted molar refractivity (Wildman–Crippen MR) is 85.4 cm³/mol. The third kappa shape index (κ3) is 3.62. The van der Waals surface area contributed by atoms with Crippen molar-refractivity contribution >= 4 is 23.8 Å². The fourth-order valence-electron chi connectivity index (χ4n) is 1.99. The van der Waals surface area contributed by atoms with Gasteiger partial charge in [0, 0.05) is 29.4 Å². The van der Waals surface area contributed by atoms with E-state index in [4.69, 9.17) is 16.0 Å². The Bertz CT molecular complexity index is 774. The maximum absolute atomic E-state index is 5.86. The monoisotopic (exact) mass is 314 g/mol. The van der Waals surface area contributed by atoms with Gasteiger partial charge in [0.2, 0.25) is 11.8 Å². The lowest BCUT2D eigenvalue weighted by molar-refractivity contribution is 0.496. The van der Waals surface area contributed by atoms with Crippen molar-refractivity contribution in [3.63, 3.8) is 0 Å². The third-order valence-electron chi connectivity index (χ3n) is 3.15. The summed E-state index contributed by atoms with van der Waals surface area (Å²) in [6.45, 7) is 2.89. The van der Waals surface area contributed by atoms with Gasteiger partial charge in [-0.3, -0.25) is 4.68 Å². The largest absolute Gasteiger partial charge is 0.421 e. The zero-order chi connectivity index (χ0) is 15.4. The van der Waals surface area contributed by atoms with Gasteiger partial charge < -0.3 is 4.42 Å². The van der Waals surface area contributed by atoms with Crippen LogP contribution < -0.4 is 0 Å². The Labute approximate surface area is 133 Å². The molecule has 0 bridgehead atoms. The van der Waals surface area contributed by atoms with Gasteiger partial charge in [-0.05, 0) is 30.7 Å². The number of hydrogen-bond acceptors (Lipinski definition) is 4. The molecule has 0 unspecified atom stereocenters. The van der Waals surface area contributed by atoms with E-state index in [1.54, 1.807) is 12.3 Å². The molecule has 0 saturated carbocycles. The molecule has 112 valence electrons. The van der Waals surface area contributed by atoms with Crippen molar-refractivity contribution in [2.45, 2.75) is 19.9 Å². The maximum atomic E-state index is 5.86. The highest BCUT2D eigenvalue weighted by molar-refractivity contribution is 6.30. The molecule has 6 heteroatoms. The Kier molecular flexibility index (Phi) is 4.34. The smallest absolute Gasteiger partial charge is 0.240 e. The summed E-state index contributed by atoms with van der Waals surface area (Å²) >= 11 is 5.86. The number of benzene rings is 1. The third-order valence-corrected chi connectivity index (χ3v) is 3.40. The summed E-state index contributed by atoms with van der Waals surface area (Å²) in [6.07, 6.45) is 8.03. The zero-order valence-corrected chi connectivity index (χ0v) is 12.9. The first-order valence-electron chi connectivity index (χ1n) is 7.00. The lowest BCUT2D eigenvalue weighted by Gasteiger charge is -1.96. The average Bonchev–Trinajstić information content (AvgIpc) is 3.16. The van der Waals surface area contributed by atoms with Gasteiger partial charge in [-0.1, -0.05) is 23.7 Å². The van der Waals surface area contributed by atoms with Crippen molar-refractivity contribution in [3.8, 4) is 0 Å². The van der Waals surface area contributed by atoms with Crippen molar-refractivity contribution in [2.75, 3.05) is 0 Å². The molecule has 0 spiro atoms. The highest BCUT2D eigenvalue weighted by Gasteiger charge is 2.05. The van der Waals surface area contributed by atoms with Crippen LogP contribution in [0, 0.1) is 0 Å². The van der Waals surface area contributed by atoms with Crippen LogP contribution in [0.5, 0.6) is 0 Å². The van der Waals surface area contributed by atoms with E-state index >= 15 is 0 Å². The highest BCUT2D eigenvalue weighted by Crippen LogP contribution is 2.14. The molecule has 0 saturated heterocycles. The Morgan fingerprint density at radius 1 is 1.18 bits per heavy atom. The molecule has 3 rings (SSSR count). The summed E-state index contributed by atoms with van der Waals surface area (Å²) in [5, 5.41) is 13.0. The van der Waals surface area contributed by atoms with E-state index in [0.717, 1.165) is 17.7 Å². The lowest BCUT2D eigenvalue weighted by Crippen LogP contribution is -1.91. The molecule has 1 aromatic carbocycles. The number of aromatic nitrogens is 4. The van der Waals surface area contributed by atoms with Crippen LogP contribution in [0.3, 0.4) is 0 Å². The van der Waals surface area contributed by atoms with E-state index in [9.17, 15) is 0 Å². The van der Waals surface area contributed by atoms with Gasteiger partial charge in [0.15, 0.2) is 0 Å². The molecule has 0 fully saturated rings. The number of aryl methyl sites for hydroxylation is 1. The molecule has 22 heavy (non-hydrogen) atoms. The fraction of sp³-hybridized carbons (Fsp3) is 0.188. The molecule has 0 aliphatic heterocycles. The van der Waals surface area contributed by atoms with E-state index in [1.165, 1.54) is 0 Å². The molecule has 0 N–H and O–H groups in total. The van der Waals surface area contributed by atoms with Gasteiger partial charge in [-0.25, -0.2) is 0 Å². The van der Waals surface area contributed by atoms with Crippen LogP contribution in [0.1, 0.15) is 29.8 Å². The van der Waals surface area contributed by atoms with Gasteiger partial charge in [-0.15, -0.1) is 10.2 Å². The van der Waals surface area contributed by atoms with Gasteiger partial charge in [-0.2, -0.15) is 5.10 Å². The summed E-state index contributed by atoms with van der Waals surface area (Å²) in [7, 11) is 0. The Morgan fingerprint density at radius 3 is 2.73 bits per heavy atom. The van der Waals surface area contributed by atoms with Crippen LogP contribution >= 0.6 is 11.6 Å². The standard InChI is InChI=1S/C16H15ClN4O/c1-2-21-11-13(10-18-21)5-8-15-19-20-16(22-15)9-12-3-6-14(17)7-4-12/h3-8,10-11H,2,9H2,1H3/b8-5+. The summed E-state index contributed by atoms with van der Waals surface area (Å²) < 4.78 is 7.46. The minimum atomic E-state index is 0.480. The maximum Gasteiger partial charge on any atom is 0.240 e. The molecule has 2 aromatic heterocycles. The minimum absolute atomic E-state index is 0.480. The Balaban J connectivity index is 1.66. The van der Waals surface area contributed by atoms with Crippen molar-refractivity contribution in [1.82, 2.24) is 20.0 Å². The van der Waals surface area contributed by atoms with Crippen LogP contribution in [0.25, 0.3) is 12.2 Å². The van der Waals surface area contributed by atoms with Crippen molar-refractivity contribution in [1.29, 1.82) is 0 Å². The van der Waals surface area contributed by atoms with E-state index in [1.807, 2.05) is 48.1 Å². The van der Waals surface area contributed by atoms with E-state index in [-0.39, 0.29) is 0 Å². The summed E-state index contributed by atoms with van der Waals surface area (Å²) in [6, 6.07) is 7.58. The first-order chi connectivity index (χ1) is 10.7. The topological polar surface area (TPSA) is 56.7 Å². The molecule has 0 amide bonds. The SMILES string of the molecule is CCn1cc(/C=C/c2nnc(Cc3ccc(Cl)cc3)o2)cn1. The van der Waals surface area contributed by atoms with Crippen LogP contribution in [0.2, 0.25) is 5.02 Å². The second-order valence-corrected chi connectivity index (χ2v) is 5.24. The van der Waals surface area contributed by atoms with Gasteiger partial charge in [0.1, 0.15) is 0 Å². The van der Waals surface area contributed by atoms with Gasteiger partial charge in [0.05, 0.1) is 12.6 Å². The van der Waals surface area contributed by atoms with Crippen LogP contribution in [-0.2, 0) is 13.0 Å². The summed E-state index contributed by atoms with van der Waals surface area (Å²) in [5.74, 6) is 1.06. The second kappa shape index (κ2) is 6.58. The highest BCUT2D eigenvalue weighted by atomic mass is 35.5. The molecule has 2 heterocycles. The average molecular weight is 315 g/mol. The summed E-state index contributed by atoms with van der Waals surface area (Å²) in [5.41, 5.74) is 2.08. The lowest BCUT2D eigenvalue weighted by atomic mass is 10.1. The second-order valence-electron chi connectivity index (χ2n) is 4.80. The van der Waals surface area contributed by atoms with Crippen molar-refractivity contribution in [3.05, 3.63) is 64.6 Å². The van der Waals surface area contributed by atoms with E-state index in [0.29, 0.717) is 23.2 Å². The minimum Gasteiger partial charge on any atom is -0.421 e. The normalized spacial score (nSPS) is 11.4. The molecule has 3 aromatic rings. The molecular formula is C16H15ClN4O. The number of hydrogen-bond donors (Lipinski definition) is 0. The number of nitrogens with zero attached hydrogens (tertiary/aromatic N) is 4.